The summed E-state index contributed by atoms with van der Waals surface area (Å²) >= 11 is 12.3. The van der Waals surface area contributed by atoms with Crippen LogP contribution in [0.15, 0.2) is 255 Å². The maximum atomic E-state index is 12.6. The van der Waals surface area contributed by atoms with Crippen molar-refractivity contribution >= 4 is 132 Å². The lowest BCUT2D eigenvalue weighted by Crippen LogP contribution is -2.31. The van der Waals surface area contributed by atoms with Gasteiger partial charge in [-0.2, -0.15) is 21.6 Å². The SMILES string of the molecule is O=S(=O)(Oc1cc2cc(Cl)ccc2c2ccccc12)C(F)(F)F.[2H]c1c([2H])c([2H])c(-c2c3ccccc3c(-c3cc4cc(Cl)ccc4c4ccccc34)c3ccccc23)c([2H])c1[2H].[2H]c1c([2H])c([2H])c(-c2c3ccccc3c(B(O)O)c3ccccc23)c([2H])c1[2H]. The monoisotopic (exact) mass is 1130 g/mol. The summed E-state index contributed by atoms with van der Waals surface area (Å²) in [6.45, 7) is 0. The summed E-state index contributed by atoms with van der Waals surface area (Å²) < 4.78 is 148. The van der Waals surface area contributed by atoms with Gasteiger partial charge in [-0.1, -0.05) is 241 Å². The van der Waals surface area contributed by atoms with Crippen molar-refractivity contribution in [1.29, 1.82) is 0 Å². The fourth-order valence-corrected chi connectivity index (χ4v) is 11.6. The molecule has 0 heterocycles. The summed E-state index contributed by atoms with van der Waals surface area (Å²) in [4.78, 5) is 0. The van der Waals surface area contributed by atoms with Gasteiger partial charge in [-0.05, 0) is 156 Å². The molecule has 0 atom stereocenters. The van der Waals surface area contributed by atoms with E-state index in [-0.39, 0.29) is 52.8 Å². The van der Waals surface area contributed by atoms with Gasteiger partial charge in [0.15, 0.2) is 5.75 Å². The van der Waals surface area contributed by atoms with Crippen molar-refractivity contribution in [3.63, 3.8) is 0 Å². The Labute approximate surface area is 488 Å². The summed E-state index contributed by atoms with van der Waals surface area (Å²) in [6.07, 6.45) is 0. The maximum Gasteiger partial charge on any atom is 0.534 e. The third kappa shape index (κ3) is 9.96. The lowest BCUT2D eigenvalue weighted by Gasteiger charge is -2.19. The summed E-state index contributed by atoms with van der Waals surface area (Å²) in [5.41, 5.74) is -1.68. The van der Waals surface area contributed by atoms with E-state index in [0.29, 0.717) is 59.0 Å². The van der Waals surface area contributed by atoms with E-state index in [4.69, 9.17) is 36.9 Å². The second-order valence-electron chi connectivity index (χ2n) is 18.7. The van der Waals surface area contributed by atoms with Crippen LogP contribution in [0.5, 0.6) is 5.75 Å². The fourth-order valence-electron chi connectivity index (χ4n) is 10.7. The molecule has 2 N–H and O–H groups in total. The second-order valence-corrected chi connectivity index (χ2v) is 21.1. The third-order valence-corrected chi connectivity index (χ3v) is 15.5. The predicted octanol–water partition coefficient (Wildman–Crippen LogP) is 18.5. The molecule has 394 valence electrons. The first-order valence-corrected chi connectivity index (χ1v) is 27.2. The number of halogens is 5. The van der Waals surface area contributed by atoms with E-state index in [1.807, 2.05) is 72.8 Å². The smallest absolute Gasteiger partial charge is 0.423 e. The van der Waals surface area contributed by atoms with Crippen LogP contribution in [0.4, 0.5) is 13.2 Å². The normalized spacial score (nSPS) is 13.5. The highest BCUT2D eigenvalue weighted by Gasteiger charge is 2.48. The van der Waals surface area contributed by atoms with Crippen molar-refractivity contribution in [2.24, 2.45) is 0 Å². The van der Waals surface area contributed by atoms with Crippen molar-refractivity contribution < 1.29 is 49.5 Å². The van der Waals surface area contributed by atoms with Crippen molar-refractivity contribution in [2.75, 3.05) is 0 Å². The largest absolute Gasteiger partial charge is 0.534 e. The first-order chi connectivity index (χ1) is 43.4. The molecular formula is C69H44BCl2F3O5S. The van der Waals surface area contributed by atoms with Crippen molar-refractivity contribution in [3.8, 4) is 39.1 Å². The second kappa shape index (κ2) is 21.7. The molecule has 0 radical (unpaired) electrons. The first-order valence-electron chi connectivity index (χ1n) is 30.0. The highest BCUT2D eigenvalue weighted by Crippen LogP contribution is 2.47. The molecule has 0 fully saturated rings. The van der Waals surface area contributed by atoms with Gasteiger partial charge in [-0.15, -0.1) is 0 Å². The molecule has 81 heavy (non-hydrogen) atoms. The average Bonchev–Trinajstić information content (AvgIpc) is 0.733. The van der Waals surface area contributed by atoms with Gasteiger partial charge in [-0.3, -0.25) is 0 Å². The molecule has 14 aromatic rings. The third-order valence-electron chi connectivity index (χ3n) is 14.0. The lowest BCUT2D eigenvalue weighted by atomic mass is 9.72. The summed E-state index contributed by atoms with van der Waals surface area (Å²) in [5, 5.41) is 33.3. The highest BCUT2D eigenvalue weighted by molar-refractivity contribution is 7.88. The minimum atomic E-state index is -5.75. The van der Waals surface area contributed by atoms with Gasteiger partial charge in [0.25, 0.3) is 0 Å². The van der Waals surface area contributed by atoms with E-state index in [1.54, 1.807) is 78.9 Å². The number of hydrogen-bond acceptors (Lipinski definition) is 5. The van der Waals surface area contributed by atoms with Crippen molar-refractivity contribution in [2.45, 2.75) is 5.51 Å². The van der Waals surface area contributed by atoms with Gasteiger partial charge in [0.2, 0.25) is 0 Å². The fraction of sp³-hybridized carbons (Fsp3) is 0.0145. The van der Waals surface area contributed by atoms with E-state index in [1.165, 1.54) is 18.2 Å². The Hall–Kier alpha value is -8.74. The quantitative estimate of drug-likeness (QED) is 0.0570. The molecule has 0 aromatic heterocycles. The zero-order chi connectivity index (χ0) is 64.7. The van der Waals surface area contributed by atoms with E-state index in [9.17, 15) is 31.6 Å². The molecule has 0 amide bonds. The number of benzene rings is 14. The van der Waals surface area contributed by atoms with Crippen LogP contribution in [0, 0.1) is 0 Å². The van der Waals surface area contributed by atoms with Gasteiger partial charge >= 0.3 is 22.7 Å². The Morgan fingerprint density at radius 3 is 1.17 bits per heavy atom. The molecule has 0 aliphatic carbocycles. The molecule has 0 spiro atoms. The van der Waals surface area contributed by atoms with Gasteiger partial charge < -0.3 is 14.2 Å². The van der Waals surface area contributed by atoms with Gasteiger partial charge in [0, 0.05) is 15.4 Å². The first kappa shape index (κ1) is 42.2. The summed E-state index contributed by atoms with van der Waals surface area (Å²) in [6, 6.07) is 55.5. The molecule has 0 aliphatic heterocycles. The van der Waals surface area contributed by atoms with E-state index < -0.39 is 52.7 Å². The topological polar surface area (TPSA) is 83.8 Å². The number of fused-ring (bicyclic) bond motifs is 10. The van der Waals surface area contributed by atoms with E-state index in [0.717, 1.165) is 59.6 Å². The molecule has 0 unspecified atom stereocenters. The van der Waals surface area contributed by atoms with Crippen molar-refractivity contribution in [3.05, 3.63) is 265 Å². The standard InChI is InChI=1S/C34H21Cl.C20H15BO2.C15H8ClF3O3S/c35-24-18-19-25-23(20-24)21-32(27-13-5-4-12-26(25)27)34-30-16-8-6-14-28(30)33(22-10-2-1-3-11-22)29-15-7-9-17-31(29)34;22-21(23)20-17-12-6-4-10-15(17)19(14-8-2-1-3-9-14)16-11-5-7-13-18(16)20;16-10-5-6-11-9(7-10)8-14(13-4-2-1-3-12(11)13)22-23(20,21)15(17,18)19/h1-21H;1-13,22-23H;1-8H/i1D,2D,3D,10D,11D;1D,2D,3D,8D,9D;. The Balaban J connectivity index is 0.000000138. The minimum absolute atomic E-state index is 0.0948. The van der Waals surface area contributed by atoms with Crippen LogP contribution in [0.3, 0.4) is 0 Å². The summed E-state index contributed by atoms with van der Waals surface area (Å²) in [5.74, 6) is -0.396. The zero-order valence-corrected chi connectivity index (χ0v) is 44.3. The summed E-state index contributed by atoms with van der Waals surface area (Å²) in [7, 11) is -7.47. The van der Waals surface area contributed by atoms with Crippen LogP contribution in [-0.2, 0) is 10.1 Å². The zero-order valence-electron chi connectivity index (χ0n) is 52.0. The lowest BCUT2D eigenvalue weighted by molar-refractivity contribution is -0.0499. The average molecular weight is 1130 g/mol. The van der Waals surface area contributed by atoms with Crippen LogP contribution < -0.4 is 9.65 Å². The van der Waals surface area contributed by atoms with E-state index >= 15 is 0 Å². The molecular weight excluding hydrogens is 1080 g/mol. The van der Waals surface area contributed by atoms with Crippen molar-refractivity contribution in [1.82, 2.24) is 0 Å². The number of hydrogen-bond donors (Lipinski definition) is 2. The number of alkyl halides is 3. The Kier molecular flexibility index (Phi) is 11.3. The van der Waals surface area contributed by atoms with Crippen LogP contribution in [0.2, 0.25) is 10.0 Å². The molecule has 0 bridgehead atoms. The van der Waals surface area contributed by atoms with E-state index in [2.05, 4.69) is 28.4 Å². The van der Waals surface area contributed by atoms with Crippen LogP contribution in [0.25, 0.3) is 120 Å². The molecule has 12 heteroatoms. The Bertz CT molecular complexity index is 5340. The molecule has 0 saturated heterocycles. The predicted molar refractivity (Wildman–Crippen MR) is 331 cm³/mol. The molecule has 0 aliphatic rings. The molecule has 14 rings (SSSR count). The number of rotatable bonds is 6. The van der Waals surface area contributed by atoms with Crippen LogP contribution in [-0.4, -0.2) is 31.1 Å². The molecule has 14 aromatic carbocycles. The molecule has 5 nitrogen and oxygen atoms in total. The van der Waals surface area contributed by atoms with Gasteiger partial charge in [0.05, 0.1) is 13.7 Å². The van der Waals surface area contributed by atoms with Crippen LogP contribution in [0.1, 0.15) is 13.7 Å². The minimum Gasteiger partial charge on any atom is -0.423 e. The maximum absolute atomic E-state index is 12.6. The Morgan fingerprint density at radius 2 is 0.753 bits per heavy atom. The van der Waals surface area contributed by atoms with Gasteiger partial charge in [-0.25, -0.2) is 0 Å². The molecule has 0 saturated carbocycles. The Morgan fingerprint density at radius 1 is 0.407 bits per heavy atom. The van der Waals surface area contributed by atoms with Gasteiger partial charge in [0.1, 0.15) is 0 Å². The van der Waals surface area contributed by atoms with Crippen LogP contribution >= 0.6 is 23.2 Å². The highest BCUT2D eigenvalue weighted by atomic mass is 35.5.